The Hall–Kier alpha value is -1.16. The van der Waals surface area contributed by atoms with E-state index in [1.165, 1.54) is 19.3 Å². The zero-order valence-electron chi connectivity index (χ0n) is 11.0. The first-order valence-corrected chi connectivity index (χ1v) is 6.51. The van der Waals surface area contributed by atoms with Crippen molar-refractivity contribution in [2.45, 2.75) is 39.5 Å². The van der Waals surface area contributed by atoms with Gasteiger partial charge in [-0.1, -0.05) is 6.92 Å². The maximum absolute atomic E-state index is 5.03. The highest BCUT2D eigenvalue weighted by Crippen LogP contribution is 2.14. The predicted octanol–water partition coefficient (Wildman–Crippen LogP) is 2.13. The molecule has 0 amide bonds. The minimum Gasteiger partial charge on any atom is -0.341 e. The summed E-state index contributed by atoms with van der Waals surface area (Å²) in [6.45, 7) is 7.12. The lowest BCUT2D eigenvalue weighted by molar-refractivity contribution is 0.568. The number of piperidine rings is 1. The van der Waals surface area contributed by atoms with Gasteiger partial charge in [0.2, 0.25) is 5.95 Å². The molecule has 2 N–H and O–H groups in total. The van der Waals surface area contributed by atoms with Crippen molar-refractivity contribution in [3.63, 3.8) is 0 Å². The second-order valence-electron chi connectivity index (χ2n) is 4.40. The van der Waals surface area contributed by atoms with E-state index >= 15 is 0 Å². The Morgan fingerprint density at radius 1 is 1.18 bits per heavy atom. The van der Waals surface area contributed by atoms with Crippen molar-refractivity contribution in [1.29, 1.82) is 0 Å². The third-order valence-electron chi connectivity index (χ3n) is 2.69. The number of rotatable bonds is 2. The summed E-state index contributed by atoms with van der Waals surface area (Å²) in [7, 11) is 0. The highest BCUT2D eigenvalue weighted by molar-refractivity contribution is 5.29. The van der Waals surface area contributed by atoms with Crippen LogP contribution in [-0.4, -0.2) is 29.6 Å². The Labute approximate surface area is 104 Å². The second-order valence-corrected chi connectivity index (χ2v) is 4.40. The van der Waals surface area contributed by atoms with E-state index in [9.17, 15) is 0 Å². The normalized spacial score (nSPS) is 15.1. The number of hydrogen-bond donors (Lipinski definition) is 1. The van der Waals surface area contributed by atoms with Crippen molar-refractivity contribution in [2.24, 2.45) is 5.73 Å². The molecule has 4 heteroatoms. The molecule has 0 spiro atoms. The Bertz CT molecular complexity index is 289. The Kier molecular flexibility index (Phi) is 6.55. The third kappa shape index (κ3) is 5.13. The molecule has 0 radical (unpaired) electrons. The monoisotopic (exact) mass is 236 g/mol. The summed E-state index contributed by atoms with van der Waals surface area (Å²) in [5.74, 6) is 0.894. The van der Waals surface area contributed by atoms with E-state index in [0.717, 1.165) is 37.6 Å². The molecule has 0 bridgehead atoms. The third-order valence-corrected chi connectivity index (χ3v) is 2.69. The van der Waals surface area contributed by atoms with Crippen LogP contribution in [0.2, 0.25) is 0 Å². The molecular weight excluding hydrogens is 212 g/mol. The molecule has 1 aliphatic rings. The lowest BCUT2D eigenvalue weighted by Gasteiger charge is -2.26. The van der Waals surface area contributed by atoms with Gasteiger partial charge in [0.05, 0.1) is 0 Å². The van der Waals surface area contributed by atoms with Crippen LogP contribution in [0.3, 0.4) is 0 Å². The van der Waals surface area contributed by atoms with Gasteiger partial charge in [-0.05, 0) is 44.7 Å². The van der Waals surface area contributed by atoms with E-state index in [4.69, 9.17) is 5.73 Å². The summed E-state index contributed by atoms with van der Waals surface area (Å²) in [6.07, 6.45) is 8.77. The van der Waals surface area contributed by atoms with Gasteiger partial charge in [0.25, 0.3) is 0 Å². The highest BCUT2D eigenvalue weighted by Gasteiger charge is 2.12. The molecule has 1 saturated heterocycles. The van der Waals surface area contributed by atoms with E-state index in [1.807, 2.05) is 19.3 Å². The van der Waals surface area contributed by atoms with Gasteiger partial charge in [-0.3, -0.25) is 0 Å². The molecule has 0 unspecified atom stereocenters. The lowest BCUT2D eigenvalue weighted by atomic mass is 10.1. The van der Waals surface area contributed by atoms with Crippen LogP contribution in [0.5, 0.6) is 0 Å². The molecule has 2 rings (SSSR count). The standard InChI is InChI=1S/C10H15N3.C3H9N/c1-9-7-11-10(12-8-9)13-5-3-2-4-6-13;1-2-3-4/h7-8H,2-6H2,1H3;2-4H2,1H3. The van der Waals surface area contributed by atoms with Crippen molar-refractivity contribution < 1.29 is 0 Å². The van der Waals surface area contributed by atoms with E-state index in [2.05, 4.69) is 21.8 Å². The summed E-state index contributed by atoms with van der Waals surface area (Å²) >= 11 is 0. The molecule has 0 aromatic carbocycles. The molecule has 17 heavy (non-hydrogen) atoms. The lowest BCUT2D eigenvalue weighted by Crippen LogP contribution is -2.30. The number of aryl methyl sites for hydroxylation is 1. The molecule has 96 valence electrons. The smallest absolute Gasteiger partial charge is 0.225 e. The van der Waals surface area contributed by atoms with Crippen LogP contribution in [0.4, 0.5) is 5.95 Å². The minimum atomic E-state index is 0.819. The van der Waals surface area contributed by atoms with Crippen LogP contribution in [-0.2, 0) is 0 Å². The largest absolute Gasteiger partial charge is 0.341 e. The molecule has 0 atom stereocenters. The average molecular weight is 236 g/mol. The van der Waals surface area contributed by atoms with Crippen molar-refractivity contribution in [3.8, 4) is 0 Å². The van der Waals surface area contributed by atoms with Gasteiger partial charge in [0, 0.05) is 25.5 Å². The SMILES string of the molecule is CCCN.Cc1cnc(N2CCCCC2)nc1. The summed E-state index contributed by atoms with van der Waals surface area (Å²) < 4.78 is 0. The number of nitrogens with zero attached hydrogens (tertiary/aromatic N) is 3. The zero-order valence-corrected chi connectivity index (χ0v) is 11.0. The second kappa shape index (κ2) is 8.01. The Morgan fingerprint density at radius 3 is 2.18 bits per heavy atom. The molecule has 2 heterocycles. The topological polar surface area (TPSA) is 55.0 Å². The molecule has 1 aromatic heterocycles. The van der Waals surface area contributed by atoms with E-state index in [-0.39, 0.29) is 0 Å². The van der Waals surface area contributed by atoms with Crippen LogP contribution in [0, 0.1) is 6.92 Å². The molecule has 1 aliphatic heterocycles. The van der Waals surface area contributed by atoms with Crippen molar-refractivity contribution in [2.75, 3.05) is 24.5 Å². The molecule has 0 saturated carbocycles. The number of hydrogen-bond acceptors (Lipinski definition) is 4. The molecule has 0 aliphatic carbocycles. The van der Waals surface area contributed by atoms with Crippen LogP contribution in [0.15, 0.2) is 12.4 Å². The summed E-state index contributed by atoms with van der Waals surface area (Å²) in [5.41, 5.74) is 6.15. The Morgan fingerprint density at radius 2 is 1.71 bits per heavy atom. The first-order chi connectivity index (χ1) is 8.27. The first-order valence-electron chi connectivity index (χ1n) is 6.51. The molecule has 1 aromatic rings. The number of anilines is 1. The summed E-state index contributed by atoms with van der Waals surface area (Å²) in [6, 6.07) is 0. The first kappa shape index (κ1) is 13.9. The van der Waals surface area contributed by atoms with Gasteiger partial charge < -0.3 is 10.6 Å². The van der Waals surface area contributed by atoms with Crippen molar-refractivity contribution in [3.05, 3.63) is 18.0 Å². The maximum atomic E-state index is 5.03. The average Bonchev–Trinajstić information content (AvgIpc) is 2.41. The molecule has 1 fully saturated rings. The minimum absolute atomic E-state index is 0.819. The number of aromatic nitrogens is 2. The number of nitrogens with two attached hydrogens (primary N) is 1. The molecule has 4 nitrogen and oxygen atoms in total. The zero-order chi connectivity index (χ0) is 12.5. The van der Waals surface area contributed by atoms with E-state index < -0.39 is 0 Å². The highest BCUT2D eigenvalue weighted by atomic mass is 15.2. The van der Waals surface area contributed by atoms with Crippen LogP contribution in [0.25, 0.3) is 0 Å². The van der Waals surface area contributed by atoms with Gasteiger partial charge >= 0.3 is 0 Å². The van der Waals surface area contributed by atoms with Gasteiger partial charge in [0.1, 0.15) is 0 Å². The summed E-state index contributed by atoms with van der Waals surface area (Å²) in [4.78, 5) is 10.9. The fourth-order valence-electron chi connectivity index (χ4n) is 1.64. The fourth-order valence-corrected chi connectivity index (χ4v) is 1.64. The van der Waals surface area contributed by atoms with Gasteiger partial charge in [-0.25, -0.2) is 9.97 Å². The van der Waals surface area contributed by atoms with E-state index in [1.54, 1.807) is 0 Å². The van der Waals surface area contributed by atoms with Crippen LogP contribution >= 0.6 is 0 Å². The fraction of sp³-hybridized carbons (Fsp3) is 0.692. The van der Waals surface area contributed by atoms with Crippen molar-refractivity contribution in [1.82, 2.24) is 9.97 Å². The van der Waals surface area contributed by atoms with Crippen molar-refractivity contribution >= 4 is 5.95 Å². The van der Waals surface area contributed by atoms with Crippen LogP contribution in [0.1, 0.15) is 38.2 Å². The van der Waals surface area contributed by atoms with Gasteiger partial charge in [-0.15, -0.1) is 0 Å². The van der Waals surface area contributed by atoms with E-state index in [0.29, 0.717) is 0 Å². The summed E-state index contributed by atoms with van der Waals surface area (Å²) in [5, 5.41) is 0. The predicted molar refractivity (Wildman–Crippen MR) is 72.2 cm³/mol. The van der Waals surface area contributed by atoms with Gasteiger partial charge in [-0.2, -0.15) is 0 Å². The quantitative estimate of drug-likeness (QED) is 0.854. The van der Waals surface area contributed by atoms with Gasteiger partial charge in [0.15, 0.2) is 0 Å². The molecular formula is C13H24N4. The van der Waals surface area contributed by atoms with Crippen LogP contribution < -0.4 is 10.6 Å². The maximum Gasteiger partial charge on any atom is 0.225 e. The Balaban J connectivity index is 0.000000317.